The Morgan fingerprint density at radius 3 is 2.17 bits per heavy atom. The highest BCUT2D eigenvalue weighted by atomic mass is 19.1. The van der Waals surface area contributed by atoms with Crippen molar-refractivity contribution in [2.24, 2.45) is 0 Å². The van der Waals surface area contributed by atoms with Crippen molar-refractivity contribution in [1.82, 2.24) is 10.2 Å². The van der Waals surface area contributed by atoms with Crippen LogP contribution >= 0.6 is 0 Å². The normalized spacial score (nSPS) is 10.2. The lowest BCUT2D eigenvalue weighted by molar-refractivity contribution is 0.102. The van der Waals surface area contributed by atoms with E-state index in [-0.39, 0.29) is 11.5 Å². The number of aromatic nitrogens is 2. The summed E-state index contributed by atoms with van der Waals surface area (Å²) >= 11 is 0. The Hall–Kier alpha value is -3.88. The third-order valence-corrected chi connectivity index (χ3v) is 3.92. The number of halogens is 1. The molecule has 0 aliphatic rings. The van der Waals surface area contributed by atoms with Crippen molar-refractivity contribution in [2.75, 3.05) is 32.0 Å². The van der Waals surface area contributed by atoms with Crippen LogP contribution in [0.3, 0.4) is 0 Å². The molecule has 2 aromatic carbocycles. The lowest BCUT2D eigenvalue weighted by Gasteiger charge is -2.14. The summed E-state index contributed by atoms with van der Waals surface area (Å²) in [6, 6.07) is 12.2. The molecule has 1 amide bonds. The van der Waals surface area contributed by atoms with Gasteiger partial charge in [0, 0.05) is 23.5 Å². The zero-order valence-corrected chi connectivity index (χ0v) is 16.0. The minimum atomic E-state index is -0.468. The smallest absolute Gasteiger partial charge is 0.276 e. The van der Waals surface area contributed by atoms with Gasteiger partial charge in [-0.25, -0.2) is 4.39 Å². The van der Waals surface area contributed by atoms with Crippen LogP contribution in [0.15, 0.2) is 48.5 Å². The number of hydrogen-bond donors (Lipinski definition) is 2. The molecule has 0 spiro atoms. The molecule has 1 aromatic heterocycles. The van der Waals surface area contributed by atoms with E-state index < -0.39 is 5.91 Å². The fourth-order valence-corrected chi connectivity index (χ4v) is 2.58. The Kier molecular flexibility index (Phi) is 6.08. The standard InChI is InChI=1S/C20H19FN4O4/c1-27-16-10-14(11-17(28-2)19(16)29-3)23-20(26)15-7-8-18(25-24-15)22-13-6-4-5-12(21)9-13/h4-11H,1-3H3,(H,22,25)(H,23,26). The van der Waals surface area contributed by atoms with Crippen LogP contribution in [0.4, 0.5) is 21.6 Å². The van der Waals surface area contributed by atoms with Crippen LogP contribution in [0.5, 0.6) is 17.2 Å². The first-order chi connectivity index (χ1) is 14.0. The molecule has 8 nitrogen and oxygen atoms in total. The average Bonchev–Trinajstić information content (AvgIpc) is 2.73. The summed E-state index contributed by atoms with van der Waals surface area (Å²) < 4.78 is 29.0. The lowest BCUT2D eigenvalue weighted by atomic mass is 10.2. The fourth-order valence-electron chi connectivity index (χ4n) is 2.58. The van der Waals surface area contributed by atoms with Crippen molar-refractivity contribution in [2.45, 2.75) is 0 Å². The van der Waals surface area contributed by atoms with E-state index >= 15 is 0 Å². The topological polar surface area (TPSA) is 94.6 Å². The first-order valence-electron chi connectivity index (χ1n) is 8.51. The Balaban J connectivity index is 1.74. The highest BCUT2D eigenvalue weighted by molar-refractivity contribution is 6.03. The molecular formula is C20H19FN4O4. The molecule has 9 heteroatoms. The van der Waals surface area contributed by atoms with Gasteiger partial charge in [0.2, 0.25) is 5.75 Å². The van der Waals surface area contributed by atoms with Crippen LogP contribution < -0.4 is 24.8 Å². The van der Waals surface area contributed by atoms with Crippen LogP contribution in [0.25, 0.3) is 0 Å². The largest absolute Gasteiger partial charge is 0.493 e. The molecule has 0 atom stereocenters. The van der Waals surface area contributed by atoms with Gasteiger partial charge in [0.05, 0.1) is 21.3 Å². The van der Waals surface area contributed by atoms with E-state index in [2.05, 4.69) is 20.8 Å². The zero-order valence-electron chi connectivity index (χ0n) is 16.0. The van der Waals surface area contributed by atoms with E-state index in [1.165, 1.54) is 39.5 Å². The second kappa shape index (κ2) is 8.87. The number of methoxy groups -OCH3 is 3. The van der Waals surface area contributed by atoms with Crippen LogP contribution in [0.1, 0.15) is 10.5 Å². The van der Waals surface area contributed by atoms with Crippen LogP contribution in [0.2, 0.25) is 0 Å². The average molecular weight is 398 g/mol. The number of ether oxygens (including phenoxy) is 3. The van der Waals surface area contributed by atoms with Crippen molar-refractivity contribution < 1.29 is 23.4 Å². The number of carbonyl (C=O) groups is 1. The first-order valence-corrected chi connectivity index (χ1v) is 8.51. The van der Waals surface area contributed by atoms with Gasteiger partial charge in [-0.1, -0.05) is 6.07 Å². The van der Waals surface area contributed by atoms with Crippen LogP contribution in [0, 0.1) is 5.82 Å². The number of benzene rings is 2. The summed E-state index contributed by atoms with van der Waals surface area (Å²) in [6.45, 7) is 0. The highest BCUT2D eigenvalue weighted by Gasteiger charge is 2.16. The molecular weight excluding hydrogens is 379 g/mol. The Labute approximate surface area is 166 Å². The van der Waals surface area contributed by atoms with E-state index in [1.807, 2.05) is 0 Å². The molecule has 0 bridgehead atoms. The van der Waals surface area contributed by atoms with Crippen molar-refractivity contribution in [3.05, 3.63) is 60.0 Å². The van der Waals surface area contributed by atoms with E-state index in [0.29, 0.717) is 34.4 Å². The second-order valence-electron chi connectivity index (χ2n) is 5.81. The van der Waals surface area contributed by atoms with Gasteiger partial charge in [-0.2, -0.15) is 0 Å². The number of hydrogen-bond acceptors (Lipinski definition) is 7. The van der Waals surface area contributed by atoms with Gasteiger partial charge in [-0.3, -0.25) is 4.79 Å². The Bertz CT molecular complexity index is 987. The summed E-state index contributed by atoms with van der Waals surface area (Å²) in [6.07, 6.45) is 0. The number of anilines is 3. The van der Waals surface area contributed by atoms with Crippen LogP contribution in [-0.4, -0.2) is 37.4 Å². The number of amides is 1. The summed E-state index contributed by atoms with van der Waals surface area (Å²) in [7, 11) is 4.46. The highest BCUT2D eigenvalue weighted by Crippen LogP contribution is 2.40. The molecule has 0 radical (unpaired) electrons. The van der Waals surface area contributed by atoms with E-state index in [0.717, 1.165) is 0 Å². The maximum atomic E-state index is 13.2. The molecule has 0 fully saturated rings. The SMILES string of the molecule is COc1cc(NC(=O)c2ccc(Nc3cccc(F)c3)nn2)cc(OC)c1OC. The fraction of sp³-hybridized carbons (Fsp3) is 0.150. The van der Waals surface area contributed by atoms with E-state index in [1.54, 1.807) is 30.3 Å². The molecule has 0 saturated heterocycles. The van der Waals surface area contributed by atoms with E-state index in [9.17, 15) is 9.18 Å². The molecule has 0 saturated carbocycles. The summed E-state index contributed by atoms with van der Waals surface area (Å²) in [5, 5.41) is 13.5. The quantitative estimate of drug-likeness (QED) is 0.627. The van der Waals surface area contributed by atoms with Crippen LogP contribution in [-0.2, 0) is 0 Å². The third kappa shape index (κ3) is 4.70. The lowest BCUT2D eigenvalue weighted by Crippen LogP contribution is -2.15. The number of nitrogens with zero attached hydrogens (tertiary/aromatic N) is 2. The van der Waals surface area contributed by atoms with Crippen molar-refractivity contribution in [3.63, 3.8) is 0 Å². The van der Waals surface area contributed by atoms with Crippen molar-refractivity contribution in [1.29, 1.82) is 0 Å². The summed E-state index contributed by atoms with van der Waals surface area (Å²) in [5.74, 6) is 0.764. The Morgan fingerprint density at radius 1 is 0.897 bits per heavy atom. The third-order valence-electron chi connectivity index (χ3n) is 3.92. The number of nitrogens with one attached hydrogen (secondary N) is 2. The van der Waals surface area contributed by atoms with Gasteiger partial charge in [0.15, 0.2) is 23.0 Å². The molecule has 29 heavy (non-hydrogen) atoms. The zero-order chi connectivity index (χ0) is 20.8. The molecule has 2 N–H and O–H groups in total. The van der Waals surface area contributed by atoms with E-state index in [4.69, 9.17) is 14.2 Å². The van der Waals surface area contributed by atoms with Gasteiger partial charge >= 0.3 is 0 Å². The van der Waals surface area contributed by atoms with Gasteiger partial charge in [0.25, 0.3) is 5.91 Å². The molecule has 0 aliphatic carbocycles. The van der Waals surface area contributed by atoms with Crippen molar-refractivity contribution >= 4 is 23.1 Å². The maximum absolute atomic E-state index is 13.2. The minimum absolute atomic E-state index is 0.101. The second-order valence-corrected chi connectivity index (χ2v) is 5.81. The molecule has 3 aromatic rings. The number of rotatable bonds is 7. The maximum Gasteiger partial charge on any atom is 0.276 e. The van der Waals surface area contributed by atoms with Gasteiger partial charge in [0.1, 0.15) is 5.82 Å². The van der Waals surface area contributed by atoms with Gasteiger partial charge < -0.3 is 24.8 Å². The minimum Gasteiger partial charge on any atom is -0.493 e. The summed E-state index contributed by atoms with van der Waals surface area (Å²) in [4.78, 5) is 12.5. The summed E-state index contributed by atoms with van der Waals surface area (Å²) in [5.41, 5.74) is 1.06. The van der Waals surface area contributed by atoms with Gasteiger partial charge in [-0.15, -0.1) is 10.2 Å². The predicted octanol–water partition coefficient (Wildman–Crippen LogP) is 3.64. The monoisotopic (exact) mass is 398 g/mol. The first kappa shape index (κ1) is 19.9. The number of carbonyl (C=O) groups excluding carboxylic acids is 1. The molecule has 150 valence electrons. The molecule has 0 unspecified atom stereocenters. The Morgan fingerprint density at radius 2 is 1.62 bits per heavy atom. The van der Waals surface area contributed by atoms with Crippen molar-refractivity contribution in [3.8, 4) is 17.2 Å². The predicted molar refractivity (Wildman–Crippen MR) is 106 cm³/mol. The molecule has 1 heterocycles. The molecule has 3 rings (SSSR count). The van der Waals surface area contributed by atoms with Gasteiger partial charge in [-0.05, 0) is 30.3 Å². The molecule has 0 aliphatic heterocycles.